The zero-order valence-electron chi connectivity index (χ0n) is 17.2. The summed E-state index contributed by atoms with van der Waals surface area (Å²) in [5.41, 5.74) is 3.36. The highest BCUT2D eigenvalue weighted by Gasteiger charge is 2.26. The molecule has 0 spiro atoms. The Morgan fingerprint density at radius 2 is 1.73 bits per heavy atom. The zero-order valence-corrected chi connectivity index (χ0v) is 20.4. The molecule has 30 heavy (non-hydrogen) atoms. The molecule has 2 aromatic heterocycles. The van der Waals surface area contributed by atoms with Crippen LogP contribution in [0.25, 0.3) is 20.3 Å². The lowest BCUT2D eigenvalue weighted by Gasteiger charge is -2.21. The van der Waals surface area contributed by atoms with Crippen LogP contribution in [0.2, 0.25) is 5.02 Å². The standard InChI is InChI=1S/C22H22ClN3OS2.ClH/c1-13-11-16-18(12-14(13)2)29-22(24-16)26(10-9-25(3)4)21(27)20-19(23)15-7-5-6-8-17(15)28-20;/h5-8,11-12H,9-10H2,1-4H3;1H. The van der Waals surface area contributed by atoms with Gasteiger partial charge in [-0.1, -0.05) is 41.1 Å². The van der Waals surface area contributed by atoms with Gasteiger partial charge >= 0.3 is 0 Å². The third-order valence-corrected chi connectivity index (χ3v) is 7.67. The summed E-state index contributed by atoms with van der Waals surface area (Å²) in [6, 6.07) is 12.1. The number of fused-ring (bicyclic) bond motifs is 2. The van der Waals surface area contributed by atoms with E-state index in [1.807, 2.05) is 38.4 Å². The molecule has 0 aliphatic rings. The van der Waals surface area contributed by atoms with E-state index in [4.69, 9.17) is 16.6 Å². The van der Waals surface area contributed by atoms with Crippen LogP contribution < -0.4 is 4.90 Å². The number of halogens is 2. The fraction of sp³-hybridized carbons (Fsp3) is 0.273. The van der Waals surface area contributed by atoms with E-state index >= 15 is 0 Å². The van der Waals surface area contributed by atoms with Crippen LogP contribution in [0.15, 0.2) is 36.4 Å². The smallest absolute Gasteiger partial charge is 0.271 e. The molecule has 1 amide bonds. The van der Waals surface area contributed by atoms with Gasteiger partial charge in [-0.2, -0.15) is 0 Å². The molecule has 0 fully saturated rings. The molecule has 0 N–H and O–H groups in total. The van der Waals surface area contributed by atoms with E-state index in [0.717, 1.165) is 26.8 Å². The van der Waals surface area contributed by atoms with E-state index in [0.29, 0.717) is 21.6 Å². The van der Waals surface area contributed by atoms with E-state index in [1.54, 1.807) is 16.2 Å². The molecule has 0 aliphatic heterocycles. The molecule has 0 atom stereocenters. The number of carbonyl (C=O) groups excluding carboxylic acids is 1. The topological polar surface area (TPSA) is 36.4 Å². The molecule has 158 valence electrons. The summed E-state index contributed by atoms with van der Waals surface area (Å²) in [5.74, 6) is -0.0921. The molecule has 2 aromatic carbocycles. The summed E-state index contributed by atoms with van der Waals surface area (Å²) in [5, 5.41) is 2.16. The molecular weight excluding hydrogens is 457 g/mol. The number of amides is 1. The van der Waals surface area contributed by atoms with Crippen LogP contribution in [0.3, 0.4) is 0 Å². The minimum atomic E-state index is -0.0921. The fourth-order valence-corrected chi connectivity index (χ4v) is 5.67. The van der Waals surface area contributed by atoms with Gasteiger partial charge in [0.2, 0.25) is 0 Å². The number of likely N-dealkylation sites (N-methyl/N-ethyl adjacent to an activating group) is 1. The van der Waals surface area contributed by atoms with Crippen LogP contribution >= 0.6 is 46.7 Å². The Morgan fingerprint density at radius 1 is 1.03 bits per heavy atom. The molecular formula is C22H23Cl2N3OS2. The van der Waals surface area contributed by atoms with Crippen molar-refractivity contribution in [1.82, 2.24) is 9.88 Å². The Labute approximate surface area is 195 Å². The fourth-order valence-electron chi connectivity index (χ4n) is 3.14. The summed E-state index contributed by atoms with van der Waals surface area (Å²) >= 11 is 9.60. The first kappa shape index (κ1) is 23.0. The first-order valence-corrected chi connectivity index (χ1v) is 11.4. The number of aryl methyl sites for hydroxylation is 2. The van der Waals surface area contributed by atoms with Gasteiger partial charge in [-0.05, 0) is 57.3 Å². The van der Waals surface area contributed by atoms with Gasteiger partial charge in [0, 0.05) is 23.2 Å². The molecule has 8 heteroatoms. The van der Waals surface area contributed by atoms with Gasteiger partial charge in [-0.25, -0.2) is 4.98 Å². The highest BCUT2D eigenvalue weighted by atomic mass is 35.5. The maximum Gasteiger partial charge on any atom is 0.271 e. The summed E-state index contributed by atoms with van der Waals surface area (Å²) in [6.45, 7) is 5.47. The number of aromatic nitrogens is 1. The van der Waals surface area contributed by atoms with Crippen molar-refractivity contribution in [2.24, 2.45) is 0 Å². The lowest BCUT2D eigenvalue weighted by Crippen LogP contribution is -2.36. The third kappa shape index (κ3) is 4.34. The van der Waals surface area contributed by atoms with Crippen LogP contribution in [0.5, 0.6) is 0 Å². The predicted octanol–water partition coefficient (Wildman–Crippen LogP) is 6.41. The van der Waals surface area contributed by atoms with Crippen molar-refractivity contribution >= 4 is 78.0 Å². The molecule has 0 saturated heterocycles. The van der Waals surface area contributed by atoms with Gasteiger partial charge in [-0.15, -0.1) is 23.7 Å². The van der Waals surface area contributed by atoms with Crippen molar-refractivity contribution in [2.75, 3.05) is 32.1 Å². The molecule has 0 unspecified atom stereocenters. The second-order valence-electron chi connectivity index (χ2n) is 7.40. The van der Waals surface area contributed by atoms with Crippen molar-refractivity contribution in [1.29, 1.82) is 0 Å². The monoisotopic (exact) mass is 479 g/mol. The van der Waals surface area contributed by atoms with Crippen molar-refractivity contribution in [3.63, 3.8) is 0 Å². The minimum Gasteiger partial charge on any atom is -0.308 e. The van der Waals surface area contributed by atoms with E-state index in [1.165, 1.54) is 22.5 Å². The van der Waals surface area contributed by atoms with E-state index in [2.05, 4.69) is 30.9 Å². The maximum atomic E-state index is 13.6. The summed E-state index contributed by atoms with van der Waals surface area (Å²) in [4.78, 5) is 22.8. The van der Waals surface area contributed by atoms with Crippen LogP contribution in [0, 0.1) is 13.8 Å². The molecule has 0 radical (unpaired) electrons. The number of thiazole rings is 1. The van der Waals surface area contributed by atoms with Gasteiger partial charge in [0.1, 0.15) is 4.88 Å². The third-order valence-electron chi connectivity index (χ3n) is 4.97. The van der Waals surface area contributed by atoms with Crippen molar-refractivity contribution in [2.45, 2.75) is 13.8 Å². The average molecular weight is 480 g/mol. The largest absolute Gasteiger partial charge is 0.308 e. The maximum absolute atomic E-state index is 13.6. The Morgan fingerprint density at radius 3 is 2.43 bits per heavy atom. The number of nitrogens with zero attached hydrogens (tertiary/aromatic N) is 3. The van der Waals surface area contributed by atoms with Gasteiger partial charge in [0.25, 0.3) is 5.91 Å². The van der Waals surface area contributed by atoms with Gasteiger partial charge in [0.15, 0.2) is 5.13 Å². The molecule has 4 nitrogen and oxygen atoms in total. The van der Waals surface area contributed by atoms with E-state index in [-0.39, 0.29) is 18.3 Å². The van der Waals surface area contributed by atoms with Gasteiger partial charge in [0.05, 0.1) is 15.2 Å². The highest BCUT2D eigenvalue weighted by Crippen LogP contribution is 2.38. The average Bonchev–Trinajstić information content (AvgIpc) is 3.23. The quantitative estimate of drug-likeness (QED) is 0.331. The minimum absolute atomic E-state index is 0. The SMILES string of the molecule is Cc1cc2nc(N(CCN(C)C)C(=O)c3sc4ccccc4c3Cl)sc2cc1C.Cl. The first-order valence-electron chi connectivity index (χ1n) is 9.36. The molecule has 0 bridgehead atoms. The number of thiophene rings is 1. The van der Waals surface area contributed by atoms with Crippen LogP contribution in [-0.4, -0.2) is 43.0 Å². The lowest BCUT2D eigenvalue weighted by molar-refractivity contribution is 0.0989. The Kier molecular flexibility index (Phi) is 7.05. The second kappa shape index (κ2) is 9.20. The number of hydrogen-bond acceptors (Lipinski definition) is 5. The van der Waals surface area contributed by atoms with Crippen LogP contribution in [0.1, 0.15) is 20.8 Å². The first-order chi connectivity index (χ1) is 13.8. The zero-order chi connectivity index (χ0) is 20.7. The Hall–Kier alpha value is -1.70. The molecule has 2 heterocycles. The number of anilines is 1. The van der Waals surface area contributed by atoms with Crippen LogP contribution in [0.4, 0.5) is 5.13 Å². The summed E-state index contributed by atoms with van der Waals surface area (Å²) in [6.07, 6.45) is 0. The number of carbonyl (C=O) groups is 1. The van der Waals surface area contributed by atoms with E-state index in [9.17, 15) is 4.79 Å². The molecule has 0 saturated carbocycles. The van der Waals surface area contributed by atoms with Crippen LogP contribution in [-0.2, 0) is 0 Å². The highest BCUT2D eigenvalue weighted by molar-refractivity contribution is 7.23. The molecule has 4 aromatic rings. The lowest BCUT2D eigenvalue weighted by atomic mass is 10.1. The molecule has 4 rings (SSSR count). The van der Waals surface area contributed by atoms with Crippen molar-refractivity contribution in [3.8, 4) is 0 Å². The van der Waals surface area contributed by atoms with Crippen molar-refractivity contribution < 1.29 is 4.79 Å². The summed E-state index contributed by atoms with van der Waals surface area (Å²) < 4.78 is 2.11. The summed E-state index contributed by atoms with van der Waals surface area (Å²) in [7, 11) is 4.00. The Balaban J connectivity index is 0.00000256. The Bertz CT molecular complexity index is 1180. The predicted molar refractivity (Wildman–Crippen MR) is 133 cm³/mol. The van der Waals surface area contributed by atoms with Gasteiger partial charge in [-0.3, -0.25) is 9.69 Å². The number of rotatable bonds is 5. The number of hydrogen-bond donors (Lipinski definition) is 0. The van der Waals surface area contributed by atoms with Crippen molar-refractivity contribution in [3.05, 3.63) is 57.4 Å². The second-order valence-corrected chi connectivity index (χ2v) is 9.84. The number of benzene rings is 2. The van der Waals surface area contributed by atoms with E-state index < -0.39 is 0 Å². The van der Waals surface area contributed by atoms with Gasteiger partial charge < -0.3 is 4.90 Å². The molecule has 0 aliphatic carbocycles. The normalized spacial score (nSPS) is 11.3.